The molecule has 96 valence electrons. The summed E-state index contributed by atoms with van der Waals surface area (Å²) in [6.45, 7) is 1.72. The van der Waals surface area contributed by atoms with E-state index in [-0.39, 0.29) is 5.78 Å². The first-order valence-corrected chi connectivity index (χ1v) is 6.50. The molecule has 1 aromatic rings. The standard InChI is InChI=1S/C14H16ClNO2/c1-14(8-3-2-7-13(14)17)16(18)10-11-5-4-6-12(15)9-11/h4-6,9-10H,2-3,7-8H2,1H3/b16-10-/t14-/m0/s1. The molecule has 0 bridgehead atoms. The Morgan fingerprint density at radius 2 is 2.22 bits per heavy atom. The molecular formula is C14H16ClNO2. The van der Waals surface area contributed by atoms with Crippen LogP contribution in [0.3, 0.4) is 0 Å². The van der Waals surface area contributed by atoms with Crippen molar-refractivity contribution in [2.75, 3.05) is 0 Å². The maximum absolute atomic E-state index is 12.2. The molecule has 1 fully saturated rings. The van der Waals surface area contributed by atoms with Gasteiger partial charge in [0.1, 0.15) is 0 Å². The minimum absolute atomic E-state index is 0.0297. The monoisotopic (exact) mass is 265 g/mol. The first-order valence-electron chi connectivity index (χ1n) is 6.12. The van der Waals surface area contributed by atoms with Gasteiger partial charge >= 0.3 is 0 Å². The minimum atomic E-state index is -0.916. The highest BCUT2D eigenvalue weighted by Gasteiger charge is 2.42. The summed E-state index contributed by atoms with van der Waals surface area (Å²) in [7, 11) is 0. The number of rotatable bonds is 2. The first kappa shape index (κ1) is 13.1. The van der Waals surface area contributed by atoms with Crippen molar-refractivity contribution < 1.29 is 9.53 Å². The number of benzene rings is 1. The lowest BCUT2D eigenvalue weighted by atomic mass is 9.82. The average molecular weight is 266 g/mol. The van der Waals surface area contributed by atoms with Crippen LogP contribution in [0, 0.1) is 5.21 Å². The van der Waals surface area contributed by atoms with Gasteiger partial charge in [-0.15, -0.1) is 0 Å². The number of carbonyl (C=O) groups is 1. The quantitative estimate of drug-likeness (QED) is 0.357. The second-order valence-electron chi connectivity index (χ2n) is 4.91. The highest BCUT2D eigenvalue weighted by Crippen LogP contribution is 2.27. The summed E-state index contributed by atoms with van der Waals surface area (Å²) in [4.78, 5) is 11.9. The molecule has 0 unspecified atom stereocenters. The van der Waals surface area contributed by atoms with Crippen LogP contribution in [-0.2, 0) is 4.79 Å². The van der Waals surface area contributed by atoms with Crippen LogP contribution >= 0.6 is 11.6 Å². The Morgan fingerprint density at radius 3 is 2.89 bits per heavy atom. The Kier molecular flexibility index (Phi) is 3.71. The number of carbonyl (C=O) groups excluding carboxylic acids is 1. The average Bonchev–Trinajstić information content (AvgIpc) is 2.33. The summed E-state index contributed by atoms with van der Waals surface area (Å²) in [6, 6.07) is 7.05. The van der Waals surface area contributed by atoms with E-state index >= 15 is 0 Å². The van der Waals surface area contributed by atoms with Gasteiger partial charge in [0.2, 0.25) is 11.3 Å². The second kappa shape index (κ2) is 5.11. The van der Waals surface area contributed by atoms with Crippen LogP contribution in [0.4, 0.5) is 0 Å². The third-order valence-electron chi connectivity index (χ3n) is 3.52. The fourth-order valence-electron chi connectivity index (χ4n) is 2.26. The Bertz CT molecular complexity index is 498. The Labute approximate surface area is 112 Å². The van der Waals surface area contributed by atoms with E-state index in [9.17, 15) is 10.0 Å². The predicted octanol–water partition coefficient (Wildman–Crippen LogP) is 3.17. The zero-order valence-electron chi connectivity index (χ0n) is 10.4. The lowest BCUT2D eigenvalue weighted by Crippen LogP contribution is -2.46. The van der Waals surface area contributed by atoms with Gasteiger partial charge < -0.3 is 5.21 Å². The molecule has 0 aromatic heterocycles. The lowest BCUT2D eigenvalue weighted by Gasteiger charge is -2.30. The van der Waals surface area contributed by atoms with Gasteiger partial charge in [0, 0.05) is 30.4 Å². The molecule has 1 aliphatic carbocycles. The second-order valence-corrected chi connectivity index (χ2v) is 5.35. The topological polar surface area (TPSA) is 43.1 Å². The predicted molar refractivity (Wildman–Crippen MR) is 72.1 cm³/mol. The number of hydrogen-bond donors (Lipinski definition) is 0. The van der Waals surface area contributed by atoms with E-state index < -0.39 is 5.54 Å². The van der Waals surface area contributed by atoms with E-state index in [0.717, 1.165) is 23.1 Å². The van der Waals surface area contributed by atoms with Crippen molar-refractivity contribution in [1.82, 2.24) is 0 Å². The zero-order valence-corrected chi connectivity index (χ0v) is 11.1. The van der Waals surface area contributed by atoms with Crippen LogP contribution in [0.25, 0.3) is 0 Å². The molecule has 0 heterocycles. The Hall–Kier alpha value is -1.35. The largest absolute Gasteiger partial charge is 0.623 e. The Morgan fingerprint density at radius 1 is 1.44 bits per heavy atom. The van der Waals surface area contributed by atoms with Crippen LogP contribution in [0.5, 0.6) is 0 Å². The number of ketones is 1. The Balaban J connectivity index is 2.29. The van der Waals surface area contributed by atoms with E-state index in [1.54, 1.807) is 31.2 Å². The van der Waals surface area contributed by atoms with Crippen LogP contribution in [0.2, 0.25) is 5.02 Å². The first-order chi connectivity index (χ1) is 8.52. The summed E-state index contributed by atoms with van der Waals surface area (Å²) in [5.74, 6) is 0.0297. The molecule has 1 aliphatic rings. The highest BCUT2D eigenvalue weighted by atomic mass is 35.5. The van der Waals surface area contributed by atoms with Gasteiger partial charge in [-0.25, -0.2) is 0 Å². The van der Waals surface area contributed by atoms with Gasteiger partial charge in [0.25, 0.3) is 0 Å². The van der Waals surface area contributed by atoms with Crippen molar-refractivity contribution in [3.63, 3.8) is 0 Å². The summed E-state index contributed by atoms with van der Waals surface area (Å²) in [5, 5.41) is 12.8. The highest BCUT2D eigenvalue weighted by molar-refractivity contribution is 6.30. The lowest BCUT2D eigenvalue weighted by molar-refractivity contribution is -0.525. The molecule has 1 atom stereocenters. The molecule has 0 N–H and O–H groups in total. The number of hydrogen-bond acceptors (Lipinski definition) is 2. The molecule has 3 nitrogen and oxygen atoms in total. The molecule has 0 radical (unpaired) electrons. The molecule has 0 amide bonds. The molecule has 0 saturated heterocycles. The maximum atomic E-state index is 12.2. The molecule has 4 heteroatoms. The van der Waals surface area contributed by atoms with Gasteiger partial charge in [0.15, 0.2) is 6.21 Å². The maximum Gasteiger partial charge on any atom is 0.227 e. The minimum Gasteiger partial charge on any atom is -0.623 e. The van der Waals surface area contributed by atoms with Crippen molar-refractivity contribution in [2.24, 2.45) is 0 Å². The summed E-state index contributed by atoms with van der Waals surface area (Å²) >= 11 is 5.87. The molecule has 0 spiro atoms. The fraction of sp³-hybridized carbons (Fsp3) is 0.429. The van der Waals surface area contributed by atoms with Crippen molar-refractivity contribution in [3.05, 3.63) is 40.1 Å². The van der Waals surface area contributed by atoms with Crippen LogP contribution in [0.1, 0.15) is 38.2 Å². The molecule has 1 aromatic carbocycles. The van der Waals surface area contributed by atoms with E-state index in [2.05, 4.69) is 0 Å². The third-order valence-corrected chi connectivity index (χ3v) is 3.75. The van der Waals surface area contributed by atoms with Crippen LogP contribution < -0.4 is 0 Å². The number of nitrogens with zero attached hydrogens (tertiary/aromatic N) is 1. The van der Waals surface area contributed by atoms with E-state index in [1.165, 1.54) is 6.21 Å². The van der Waals surface area contributed by atoms with Gasteiger partial charge in [-0.05, 0) is 31.0 Å². The molecule has 2 rings (SSSR count). The normalized spacial score (nSPS) is 25.2. The van der Waals surface area contributed by atoms with Gasteiger partial charge in [-0.1, -0.05) is 17.7 Å². The SMILES string of the molecule is C[C@]1(/[N+]([O-])=C/c2cccc(Cl)c2)CCCCC1=O. The zero-order chi connectivity index (χ0) is 13.2. The number of halogens is 1. The number of Topliss-reactive ketones (excluding diaryl/α,β-unsaturated/α-hetero) is 1. The van der Waals surface area contributed by atoms with Crippen molar-refractivity contribution in [2.45, 2.75) is 38.1 Å². The molecule has 18 heavy (non-hydrogen) atoms. The number of hydroxylamine groups is 1. The van der Waals surface area contributed by atoms with Gasteiger partial charge in [0.05, 0.1) is 0 Å². The summed E-state index contributed by atoms with van der Waals surface area (Å²) in [6.07, 6.45) is 4.38. The van der Waals surface area contributed by atoms with Crippen LogP contribution in [0.15, 0.2) is 24.3 Å². The third kappa shape index (κ3) is 2.56. The summed E-state index contributed by atoms with van der Waals surface area (Å²) in [5.41, 5.74) is -0.197. The molecule has 1 saturated carbocycles. The van der Waals surface area contributed by atoms with Crippen molar-refractivity contribution in [3.8, 4) is 0 Å². The van der Waals surface area contributed by atoms with E-state index in [1.807, 2.05) is 0 Å². The fourth-order valence-corrected chi connectivity index (χ4v) is 2.46. The van der Waals surface area contributed by atoms with Crippen molar-refractivity contribution >= 4 is 23.6 Å². The summed E-state index contributed by atoms with van der Waals surface area (Å²) < 4.78 is 0.792. The molecular weight excluding hydrogens is 250 g/mol. The smallest absolute Gasteiger partial charge is 0.227 e. The van der Waals surface area contributed by atoms with Gasteiger partial charge in [-0.2, -0.15) is 4.74 Å². The van der Waals surface area contributed by atoms with Gasteiger partial charge in [-0.3, -0.25) is 4.79 Å². The van der Waals surface area contributed by atoms with E-state index in [4.69, 9.17) is 11.6 Å². The van der Waals surface area contributed by atoms with Crippen molar-refractivity contribution in [1.29, 1.82) is 0 Å². The van der Waals surface area contributed by atoms with E-state index in [0.29, 0.717) is 17.9 Å². The molecule has 0 aliphatic heterocycles. The van der Waals surface area contributed by atoms with Crippen LogP contribution in [-0.4, -0.2) is 22.3 Å².